The van der Waals surface area contributed by atoms with E-state index < -0.39 is 12.2 Å². The highest BCUT2D eigenvalue weighted by molar-refractivity contribution is 6.33. The molecule has 2 aromatic carbocycles. The second-order valence-electron chi connectivity index (χ2n) is 14.4. The molecule has 12 heteroatoms. The summed E-state index contributed by atoms with van der Waals surface area (Å²) in [6.45, 7) is 9.99. The molecule has 49 heavy (non-hydrogen) atoms. The van der Waals surface area contributed by atoms with Gasteiger partial charge in [-0.15, -0.1) is 0 Å². The molecule has 6 aliphatic rings. The summed E-state index contributed by atoms with van der Waals surface area (Å²) in [5.41, 5.74) is 10.5. The van der Waals surface area contributed by atoms with Crippen molar-refractivity contribution in [3.63, 3.8) is 0 Å². The molecule has 0 aromatic heterocycles. The Morgan fingerprint density at radius 2 is 1.69 bits per heavy atom. The Bertz CT molecular complexity index is 1530. The van der Waals surface area contributed by atoms with Crippen LogP contribution >= 0.6 is 11.6 Å². The number of nitrogens with one attached hydrogen (secondary N) is 1. The SMILES string of the molecule is CCc1cc(C[C@@H](OC(=O)N2CCC(N3CCc4ccccc4NC3=O)CC2)C(=O)N2CCN(C3CN4CCC3CC4)CC2)cc(Cl)c1N. The van der Waals surface area contributed by atoms with Crippen molar-refractivity contribution in [2.45, 2.75) is 70.1 Å². The highest BCUT2D eigenvalue weighted by Gasteiger charge is 2.40. The number of para-hydroxylation sites is 1. The van der Waals surface area contributed by atoms with Gasteiger partial charge in [0.05, 0.1) is 10.7 Å². The van der Waals surface area contributed by atoms with E-state index in [1.165, 1.54) is 25.9 Å². The van der Waals surface area contributed by atoms with Crippen LogP contribution in [0.15, 0.2) is 36.4 Å². The molecule has 6 aliphatic heterocycles. The van der Waals surface area contributed by atoms with Gasteiger partial charge in [0, 0.05) is 76.5 Å². The molecule has 2 aromatic rings. The zero-order valence-corrected chi connectivity index (χ0v) is 29.4. The zero-order valence-electron chi connectivity index (χ0n) is 28.6. The summed E-state index contributed by atoms with van der Waals surface area (Å²) in [7, 11) is 0. The molecule has 0 radical (unpaired) electrons. The summed E-state index contributed by atoms with van der Waals surface area (Å²) in [6, 6.07) is 12.2. The zero-order chi connectivity index (χ0) is 34.1. The maximum Gasteiger partial charge on any atom is 0.410 e. The molecule has 11 nitrogen and oxygen atoms in total. The van der Waals surface area contributed by atoms with Crippen molar-refractivity contribution in [1.82, 2.24) is 24.5 Å². The number of likely N-dealkylation sites (tertiary alicyclic amines) is 1. The van der Waals surface area contributed by atoms with Crippen molar-refractivity contribution >= 4 is 41.0 Å². The van der Waals surface area contributed by atoms with Gasteiger partial charge in [0.1, 0.15) is 0 Å². The van der Waals surface area contributed by atoms with Crippen molar-refractivity contribution in [2.24, 2.45) is 5.92 Å². The van der Waals surface area contributed by atoms with Crippen LogP contribution in [0.1, 0.15) is 49.3 Å². The third-order valence-corrected chi connectivity index (χ3v) is 11.9. The predicted octanol–water partition coefficient (Wildman–Crippen LogP) is 4.33. The Labute approximate surface area is 294 Å². The van der Waals surface area contributed by atoms with Gasteiger partial charge in [-0.2, -0.15) is 0 Å². The van der Waals surface area contributed by atoms with Crippen molar-refractivity contribution in [1.29, 1.82) is 0 Å². The van der Waals surface area contributed by atoms with Crippen molar-refractivity contribution in [3.05, 3.63) is 58.1 Å². The number of nitrogen functional groups attached to an aromatic ring is 1. The van der Waals surface area contributed by atoms with E-state index in [1.807, 2.05) is 41.0 Å². The first kappa shape index (κ1) is 33.9. The lowest BCUT2D eigenvalue weighted by Gasteiger charge is -2.51. The Balaban J connectivity index is 0.996. The molecule has 2 atom stereocenters. The third kappa shape index (κ3) is 7.35. The number of nitrogens with two attached hydrogens (primary N) is 1. The van der Waals surface area contributed by atoms with E-state index in [-0.39, 0.29) is 24.4 Å². The molecule has 5 saturated heterocycles. The summed E-state index contributed by atoms with van der Waals surface area (Å²) < 4.78 is 6.11. The lowest BCUT2D eigenvalue weighted by molar-refractivity contribution is -0.143. The number of benzene rings is 2. The van der Waals surface area contributed by atoms with Gasteiger partial charge in [-0.25, -0.2) is 9.59 Å². The number of urea groups is 1. The van der Waals surface area contributed by atoms with Gasteiger partial charge in [-0.3, -0.25) is 9.69 Å². The van der Waals surface area contributed by atoms with Gasteiger partial charge in [0.2, 0.25) is 0 Å². The molecule has 4 amide bonds. The Morgan fingerprint density at radius 3 is 2.39 bits per heavy atom. The Kier molecular flexibility index (Phi) is 10.2. The highest BCUT2D eigenvalue weighted by Crippen LogP contribution is 2.32. The van der Waals surface area contributed by atoms with E-state index in [0.717, 1.165) is 54.4 Å². The van der Waals surface area contributed by atoms with Crippen LogP contribution in [0.4, 0.5) is 21.0 Å². The molecule has 2 bridgehead atoms. The molecule has 0 saturated carbocycles. The fourth-order valence-corrected chi connectivity index (χ4v) is 8.92. The number of nitrogens with zero attached hydrogens (tertiary/aromatic N) is 5. The van der Waals surface area contributed by atoms with Gasteiger partial charge >= 0.3 is 12.1 Å². The maximum absolute atomic E-state index is 14.2. The Morgan fingerprint density at radius 1 is 0.959 bits per heavy atom. The molecule has 0 aliphatic carbocycles. The molecular weight excluding hydrogens is 642 g/mol. The first-order valence-electron chi connectivity index (χ1n) is 18.2. The quantitative estimate of drug-likeness (QED) is 0.416. The number of carbonyl (C=O) groups is 3. The normalized spacial score (nSPS) is 25.4. The number of ether oxygens (including phenoxy) is 1. The van der Waals surface area contributed by atoms with Crippen LogP contribution in [0.3, 0.4) is 0 Å². The molecular formula is C37H50ClN7O4. The van der Waals surface area contributed by atoms with Crippen LogP contribution in [0.25, 0.3) is 0 Å². The Hall–Kier alpha value is -3.54. The lowest BCUT2D eigenvalue weighted by Crippen LogP contribution is -2.62. The molecule has 5 fully saturated rings. The van der Waals surface area contributed by atoms with Crippen LogP contribution < -0.4 is 11.1 Å². The van der Waals surface area contributed by atoms with Crippen LogP contribution in [0.5, 0.6) is 0 Å². The second kappa shape index (κ2) is 14.7. The molecule has 8 rings (SSSR count). The average molecular weight is 692 g/mol. The number of piperidine rings is 4. The van der Waals surface area contributed by atoms with Crippen LogP contribution in [-0.2, 0) is 28.8 Å². The molecule has 3 N–H and O–H groups in total. The summed E-state index contributed by atoms with van der Waals surface area (Å²) in [6.07, 6.45) is 4.06. The minimum Gasteiger partial charge on any atom is -0.436 e. The van der Waals surface area contributed by atoms with Crippen LogP contribution in [0, 0.1) is 5.92 Å². The summed E-state index contributed by atoms with van der Waals surface area (Å²) in [5, 5.41) is 3.50. The molecule has 1 unspecified atom stereocenters. The number of halogens is 1. The van der Waals surface area contributed by atoms with E-state index >= 15 is 0 Å². The topological polar surface area (TPSA) is 115 Å². The monoisotopic (exact) mass is 691 g/mol. The lowest BCUT2D eigenvalue weighted by atomic mass is 9.83. The average Bonchev–Trinajstić information content (AvgIpc) is 3.31. The number of piperazine rings is 1. The van der Waals surface area contributed by atoms with Gasteiger partial charge in [0.15, 0.2) is 6.10 Å². The summed E-state index contributed by atoms with van der Waals surface area (Å²) in [5.74, 6) is 0.585. The number of amides is 4. The highest BCUT2D eigenvalue weighted by atomic mass is 35.5. The standard InChI is InChI=1S/C37H50ClN7O4/c1-2-26-21-25(22-30(38)34(26)39)23-33(35(46)43-19-17-42(18-20-43)32-24-41-12-7-28(32)8-13-41)49-37(48)44-14-10-29(11-15-44)45-16-9-27-5-3-4-6-31(27)40-36(45)47/h3-6,21-22,28-29,32-33H,2,7-20,23-24,39H2,1H3,(H,40,47)/t32?,33-/m1/s1. The number of hydrogen-bond acceptors (Lipinski definition) is 7. The van der Waals surface area contributed by atoms with Crippen molar-refractivity contribution < 1.29 is 19.1 Å². The minimum absolute atomic E-state index is 0.0210. The molecule has 264 valence electrons. The number of aryl methyl sites for hydroxylation is 1. The van der Waals surface area contributed by atoms with Crippen molar-refractivity contribution in [2.75, 3.05) is 76.5 Å². The number of anilines is 2. The minimum atomic E-state index is -0.979. The van der Waals surface area contributed by atoms with Gasteiger partial charge < -0.3 is 35.4 Å². The number of rotatable bonds is 7. The van der Waals surface area contributed by atoms with Gasteiger partial charge in [0.25, 0.3) is 5.91 Å². The van der Waals surface area contributed by atoms with Crippen LogP contribution in [0.2, 0.25) is 5.02 Å². The first-order valence-corrected chi connectivity index (χ1v) is 18.6. The molecule has 0 spiro atoms. The number of fused-ring (bicyclic) bond motifs is 4. The van der Waals surface area contributed by atoms with Crippen molar-refractivity contribution in [3.8, 4) is 0 Å². The fraction of sp³-hybridized carbons (Fsp3) is 0.595. The summed E-state index contributed by atoms with van der Waals surface area (Å²) in [4.78, 5) is 51.6. The van der Waals surface area contributed by atoms with Gasteiger partial charge in [-0.05, 0) is 86.4 Å². The second-order valence-corrected chi connectivity index (χ2v) is 14.8. The number of carbonyl (C=O) groups excluding carboxylic acids is 3. The van der Waals surface area contributed by atoms with E-state index in [0.29, 0.717) is 68.7 Å². The first-order chi connectivity index (χ1) is 23.8. The number of hydrogen-bond donors (Lipinski definition) is 2. The third-order valence-electron chi connectivity index (χ3n) is 11.6. The summed E-state index contributed by atoms with van der Waals surface area (Å²) >= 11 is 6.50. The fourth-order valence-electron chi connectivity index (χ4n) is 8.66. The predicted molar refractivity (Wildman–Crippen MR) is 191 cm³/mol. The maximum atomic E-state index is 14.2. The van der Waals surface area contributed by atoms with E-state index in [1.54, 1.807) is 11.0 Å². The van der Waals surface area contributed by atoms with E-state index in [9.17, 15) is 14.4 Å². The largest absolute Gasteiger partial charge is 0.436 e. The molecule has 6 heterocycles. The van der Waals surface area contributed by atoms with E-state index in [4.69, 9.17) is 22.1 Å². The van der Waals surface area contributed by atoms with E-state index in [2.05, 4.69) is 21.2 Å². The van der Waals surface area contributed by atoms with Crippen LogP contribution in [-0.4, -0.2) is 126 Å². The smallest absolute Gasteiger partial charge is 0.410 e. The van der Waals surface area contributed by atoms with Gasteiger partial charge in [-0.1, -0.05) is 42.8 Å².